The van der Waals surface area contributed by atoms with Crippen LogP contribution in [-0.2, 0) is 11.8 Å². The van der Waals surface area contributed by atoms with Gasteiger partial charge in [-0.15, -0.1) is 6.58 Å². The van der Waals surface area contributed by atoms with E-state index in [4.69, 9.17) is 4.43 Å². The Morgan fingerprint density at radius 3 is 2.43 bits per heavy atom. The van der Waals surface area contributed by atoms with E-state index in [9.17, 15) is 0 Å². The second-order valence-corrected chi connectivity index (χ2v) is 9.19. The van der Waals surface area contributed by atoms with Crippen molar-refractivity contribution in [1.29, 1.82) is 0 Å². The van der Waals surface area contributed by atoms with Crippen LogP contribution < -0.4 is 4.43 Å². The van der Waals surface area contributed by atoms with Crippen LogP contribution in [0.5, 0.6) is 5.75 Å². The number of hydrogen-bond donors (Lipinski definition) is 0. The Morgan fingerprint density at radius 2 is 1.86 bits per heavy atom. The Balaban J connectivity index is 2.83. The molecule has 0 bridgehead atoms. The van der Waals surface area contributed by atoms with Crippen molar-refractivity contribution in [3.63, 3.8) is 0 Å². The first-order valence-corrected chi connectivity index (χ1v) is 10.5. The van der Waals surface area contributed by atoms with E-state index in [1.54, 1.807) is 0 Å². The molecule has 2 rings (SSSR count). The molecule has 0 aliphatic heterocycles. The second-order valence-electron chi connectivity index (χ2n) is 6.86. The van der Waals surface area contributed by atoms with E-state index in [1.165, 1.54) is 21.9 Å². The van der Waals surface area contributed by atoms with Crippen molar-refractivity contribution in [3.05, 3.63) is 54.1 Å². The van der Waals surface area contributed by atoms with Crippen LogP contribution in [-0.4, -0.2) is 9.04 Å². The topological polar surface area (TPSA) is 9.23 Å². The molecule has 2 aromatic carbocycles. The van der Waals surface area contributed by atoms with Gasteiger partial charge in [0.1, 0.15) is 5.75 Å². The molecule has 0 spiro atoms. The highest BCUT2D eigenvalue weighted by molar-refractivity contribution is 6.49. The lowest BCUT2D eigenvalue weighted by atomic mass is 9.79. The molecule has 0 saturated carbocycles. The molecule has 0 unspecified atom stereocenters. The molecule has 1 nitrogen and oxygen atoms in total. The zero-order valence-electron chi connectivity index (χ0n) is 13.9. The normalized spacial score (nSPS) is 11.9. The summed E-state index contributed by atoms with van der Waals surface area (Å²) in [5.41, 5.74) is 2.78. The van der Waals surface area contributed by atoms with Crippen LogP contribution in [0.2, 0.25) is 13.1 Å². The predicted molar refractivity (Wildman–Crippen MR) is 96.1 cm³/mol. The fourth-order valence-electron chi connectivity index (χ4n) is 2.93. The minimum atomic E-state index is -1.14. The third kappa shape index (κ3) is 3.38. The molecule has 0 aliphatic rings. The Bertz CT molecular complexity index is 650. The minimum absolute atomic E-state index is 0.0792. The summed E-state index contributed by atoms with van der Waals surface area (Å²) >= 11 is 0. The van der Waals surface area contributed by atoms with Gasteiger partial charge < -0.3 is 4.43 Å². The summed E-state index contributed by atoms with van der Waals surface area (Å²) in [4.78, 5) is 0. The summed E-state index contributed by atoms with van der Waals surface area (Å²) in [5, 5.41) is 2.60. The molecular formula is C19H26OSi. The molecule has 2 aromatic rings. The smallest absolute Gasteiger partial charge is 0.229 e. The van der Waals surface area contributed by atoms with E-state index in [0.29, 0.717) is 0 Å². The van der Waals surface area contributed by atoms with E-state index < -0.39 is 9.04 Å². The fraction of sp³-hybridized carbons (Fsp3) is 0.368. The van der Waals surface area contributed by atoms with Crippen LogP contribution in [0, 0.1) is 0 Å². The molecule has 0 atom stereocenters. The number of fused-ring (bicyclic) bond motifs is 1. The molecule has 0 N–H and O–H groups in total. The fourth-order valence-corrected chi connectivity index (χ4v) is 3.65. The van der Waals surface area contributed by atoms with Crippen LogP contribution in [0.4, 0.5) is 0 Å². The molecule has 112 valence electrons. The molecule has 0 aliphatic carbocycles. The van der Waals surface area contributed by atoms with Crippen LogP contribution >= 0.6 is 0 Å². The maximum absolute atomic E-state index is 6.23. The van der Waals surface area contributed by atoms with Crippen molar-refractivity contribution in [2.75, 3.05) is 0 Å². The Morgan fingerprint density at radius 1 is 1.19 bits per heavy atom. The van der Waals surface area contributed by atoms with Crippen LogP contribution in [0.1, 0.15) is 31.9 Å². The lowest BCUT2D eigenvalue weighted by Gasteiger charge is -2.28. The van der Waals surface area contributed by atoms with Gasteiger partial charge in [-0.05, 0) is 47.3 Å². The minimum Gasteiger partial charge on any atom is -0.547 e. The molecule has 0 heterocycles. The molecule has 2 heteroatoms. The van der Waals surface area contributed by atoms with Gasteiger partial charge in [0, 0.05) is 5.56 Å². The first-order chi connectivity index (χ1) is 9.84. The average molecular weight is 299 g/mol. The van der Waals surface area contributed by atoms with Gasteiger partial charge >= 0.3 is 0 Å². The predicted octanol–water partition coefficient (Wildman–Crippen LogP) is 5.23. The van der Waals surface area contributed by atoms with E-state index in [0.717, 1.165) is 12.2 Å². The summed E-state index contributed by atoms with van der Waals surface area (Å²) in [6, 6.07) is 10.8. The Kier molecular flexibility index (Phi) is 4.57. The van der Waals surface area contributed by atoms with Crippen molar-refractivity contribution in [2.45, 2.75) is 45.7 Å². The SMILES string of the molecule is C=CCc1c(O[SiH](C)C)cc2ccccc2c1C(C)(C)C. The van der Waals surface area contributed by atoms with Gasteiger partial charge in [0.05, 0.1) is 0 Å². The molecule has 0 saturated heterocycles. The van der Waals surface area contributed by atoms with Crippen molar-refractivity contribution < 1.29 is 4.43 Å². The molecule has 0 aromatic heterocycles. The summed E-state index contributed by atoms with van der Waals surface area (Å²) in [7, 11) is -1.14. The van der Waals surface area contributed by atoms with Crippen LogP contribution in [0.25, 0.3) is 10.8 Å². The maximum Gasteiger partial charge on any atom is 0.229 e. The summed E-state index contributed by atoms with van der Waals surface area (Å²) in [5.74, 6) is 1.06. The zero-order valence-corrected chi connectivity index (χ0v) is 15.0. The van der Waals surface area contributed by atoms with Crippen molar-refractivity contribution in [2.24, 2.45) is 0 Å². The third-order valence-electron chi connectivity index (χ3n) is 3.58. The standard InChI is InChI=1S/C19H26OSi/c1-7-10-16-17(20-21(5)6)13-14-11-8-9-12-15(14)18(16)19(2,3)4/h7-9,11-13,21H,1,10H2,2-6H3. The Hall–Kier alpha value is -1.54. The van der Waals surface area contributed by atoms with Gasteiger partial charge in [0.2, 0.25) is 9.04 Å². The lowest BCUT2D eigenvalue weighted by Crippen LogP contribution is -2.18. The highest BCUT2D eigenvalue weighted by atomic mass is 28.3. The van der Waals surface area contributed by atoms with Gasteiger partial charge in [-0.1, -0.05) is 51.1 Å². The Labute approximate surface area is 130 Å². The first kappa shape index (κ1) is 15.8. The number of benzene rings is 2. The first-order valence-electron chi connectivity index (χ1n) is 7.67. The van der Waals surface area contributed by atoms with E-state index in [2.05, 4.69) is 70.8 Å². The molecule has 0 amide bonds. The van der Waals surface area contributed by atoms with Crippen LogP contribution in [0.3, 0.4) is 0 Å². The largest absolute Gasteiger partial charge is 0.547 e. The molecule has 21 heavy (non-hydrogen) atoms. The summed E-state index contributed by atoms with van der Waals surface area (Å²) in [6.07, 6.45) is 2.84. The van der Waals surface area contributed by atoms with Crippen molar-refractivity contribution in [1.82, 2.24) is 0 Å². The average Bonchev–Trinajstić information content (AvgIpc) is 2.37. The van der Waals surface area contributed by atoms with Gasteiger partial charge in [0.25, 0.3) is 0 Å². The van der Waals surface area contributed by atoms with Gasteiger partial charge in [-0.2, -0.15) is 0 Å². The van der Waals surface area contributed by atoms with Gasteiger partial charge in [-0.25, -0.2) is 0 Å². The van der Waals surface area contributed by atoms with Crippen molar-refractivity contribution >= 4 is 19.8 Å². The van der Waals surface area contributed by atoms with E-state index >= 15 is 0 Å². The molecular weight excluding hydrogens is 272 g/mol. The van der Waals surface area contributed by atoms with E-state index in [1.807, 2.05) is 6.08 Å². The number of hydrogen-bond acceptors (Lipinski definition) is 1. The summed E-state index contributed by atoms with van der Waals surface area (Å²) < 4.78 is 6.23. The molecule has 0 radical (unpaired) electrons. The quantitative estimate of drug-likeness (QED) is 0.555. The number of allylic oxidation sites excluding steroid dienone is 1. The maximum atomic E-state index is 6.23. The molecule has 0 fully saturated rings. The number of rotatable bonds is 4. The van der Waals surface area contributed by atoms with E-state index in [-0.39, 0.29) is 5.41 Å². The lowest BCUT2D eigenvalue weighted by molar-refractivity contribution is 0.553. The van der Waals surface area contributed by atoms with Gasteiger partial charge in [0.15, 0.2) is 0 Å². The monoisotopic (exact) mass is 298 g/mol. The summed E-state index contributed by atoms with van der Waals surface area (Å²) in [6.45, 7) is 15.2. The zero-order chi connectivity index (χ0) is 15.6. The van der Waals surface area contributed by atoms with Crippen LogP contribution in [0.15, 0.2) is 43.0 Å². The van der Waals surface area contributed by atoms with Crippen molar-refractivity contribution in [3.8, 4) is 5.75 Å². The highest BCUT2D eigenvalue weighted by Crippen LogP contribution is 2.39. The second kappa shape index (κ2) is 6.06. The third-order valence-corrected chi connectivity index (χ3v) is 4.30. The van der Waals surface area contributed by atoms with Gasteiger partial charge in [-0.3, -0.25) is 0 Å². The highest BCUT2D eigenvalue weighted by Gasteiger charge is 2.23.